The van der Waals surface area contributed by atoms with E-state index in [0.29, 0.717) is 12.3 Å². The Bertz CT molecular complexity index is 780. The topological polar surface area (TPSA) is 0 Å². The molecule has 0 N–H and O–H groups in total. The lowest BCUT2D eigenvalue weighted by Gasteiger charge is -2.12. The van der Waals surface area contributed by atoms with Crippen LogP contribution < -0.4 is 0 Å². The van der Waals surface area contributed by atoms with Gasteiger partial charge in [-0.1, -0.05) is 39.8 Å². The van der Waals surface area contributed by atoms with Crippen molar-refractivity contribution in [2.75, 3.05) is 0 Å². The van der Waals surface area contributed by atoms with Gasteiger partial charge in [0.25, 0.3) is 0 Å². The van der Waals surface area contributed by atoms with Crippen LogP contribution in [-0.4, -0.2) is 0 Å². The van der Waals surface area contributed by atoms with Crippen molar-refractivity contribution < 1.29 is 35.1 Å². The molecule has 2 aromatic carbocycles. The number of rotatable bonds is 4. The monoisotopic (exact) mass is 426 g/mol. The molecule has 0 aliphatic heterocycles. The Kier molecular flexibility index (Phi) is 8.65. The van der Waals surface area contributed by atoms with Crippen molar-refractivity contribution in [2.45, 2.75) is 58.5 Å². The molecule has 0 saturated carbocycles. The fourth-order valence-corrected chi connectivity index (χ4v) is 2.50. The lowest BCUT2D eigenvalue weighted by atomic mass is 9.97. The predicted octanol–water partition coefficient (Wildman–Crippen LogP) is 8.11. The fourth-order valence-electron chi connectivity index (χ4n) is 2.50. The van der Waals surface area contributed by atoms with E-state index in [-0.39, 0.29) is 0 Å². The highest BCUT2D eigenvalue weighted by molar-refractivity contribution is 5.27. The second-order valence-electron chi connectivity index (χ2n) is 6.72. The maximum Gasteiger partial charge on any atom is 0.416 e. The van der Waals surface area contributed by atoms with Crippen LogP contribution in [0, 0.1) is 29.1 Å². The van der Waals surface area contributed by atoms with Gasteiger partial charge in [0.2, 0.25) is 5.82 Å². The van der Waals surface area contributed by atoms with Crippen molar-refractivity contribution in [2.24, 2.45) is 0 Å². The molecule has 0 aliphatic rings. The van der Waals surface area contributed by atoms with Crippen LogP contribution in [0.25, 0.3) is 0 Å². The summed E-state index contributed by atoms with van der Waals surface area (Å²) in [5.41, 5.74) is -0.362. The third-order valence-electron chi connectivity index (χ3n) is 4.77. The Morgan fingerprint density at radius 2 is 1.03 bits per heavy atom. The molecule has 162 valence electrons. The summed E-state index contributed by atoms with van der Waals surface area (Å²) in [7, 11) is 0. The lowest BCUT2D eigenvalue weighted by Crippen LogP contribution is -2.09. The molecule has 2 aromatic rings. The molecule has 0 amide bonds. The second kappa shape index (κ2) is 10.1. The summed E-state index contributed by atoms with van der Waals surface area (Å²) in [5, 5.41) is 0. The number of alkyl halides is 3. The van der Waals surface area contributed by atoms with Gasteiger partial charge < -0.3 is 0 Å². The Labute approximate surface area is 164 Å². The van der Waals surface area contributed by atoms with E-state index in [0.717, 1.165) is 24.1 Å². The first-order chi connectivity index (χ1) is 13.4. The van der Waals surface area contributed by atoms with Gasteiger partial charge in [-0.15, -0.1) is 0 Å². The third-order valence-corrected chi connectivity index (χ3v) is 4.77. The summed E-state index contributed by atoms with van der Waals surface area (Å²) in [4.78, 5) is 0. The average molecular weight is 426 g/mol. The normalized spacial score (nSPS) is 13.5. The highest BCUT2D eigenvalue weighted by atomic mass is 19.4. The first-order valence-electron chi connectivity index (χ1n) is 9.05. The predicted molar refractivity (Wildman–Crippen MR) is 95.1 cm³/mol. The molecule has 0 heterocycles. The van der Waals surface area contributed by atoms with Crippen LogP contribution in [-0.2, 0) is 6.18 Å². The van der Waals surface area contributed by atoms with Crippen LogP contribution in [0.2, 0.25) is 0 Å². The van der Waals surface area contributed by atoms with Gasteiger partial charge in [0.1, 0.15) is 0 Å². The van der Waals surface area contributed by atoms with E-state index in [1.807, 2.05) is 13.8 Å². The largest absolute Gasteiger partial charge is 0.416 e. The SMILES string of the molecule is CCC(C)c1c(F)c(F)c(F)c(F)c1F.CCC(C)c1ccc(C(F)(F)F)cc1. The van der Waals surface area contributed by atoms with Gasteiger partial charge in [0, 0.05) is 5.56 Å². The molecule has 0 aliphatic carbocycles. The van der Waals surface area contributed by atoms with Crippen LogP contribution in [0.1, 0.15) is 69.1 Å². The summed E-state index contributed by atoms with van der Waals surface area (Å²) in [6, 6.07) is 5.39. The molecule has 0 spiro atoms. The molecule has 2 unspecified atom stereocenters. The van der Waals surface area contributed by atoms with Crippen LogP contribution in [0.15, 0.2) is 24.3 Å². The summed E-state index contributed by atoms with van der Waals surface area (Å²) >= 11 is 0. The number of benzene rings is 2. The van der Waals surface area contributed by atoms with Gasteiger partial charge in [-0.3, -0.25) is 0 Å². The third kappa shape index (κ3) is 5.93. The molecule has 8 heteroatoms. The highest BCUT2D eigenvalue weighted by Gasteiger charge is 2.30. The minimum atomic E-state index is -4.23. The zero-order valence-corrected chi connectivity index (χ0v) is 16.4. The number of hydrogen-bond donors (Lipinski definition) is 0. The van der Waals surface area contributed by atoms with Crippen molar-refractivity contribution in [3.8, 4) is 0 Å². The van der Waals surface area contributed by atoms with Gasteiger partial charge in [0.05, 0.1) is 5.56 Å². The molecule has 0 bridgehead atoms. The Hall–Kier alpha value is -2.12. The van der Waals surface area contributed by atoms with Gasteiger partial charge in [-0.2, -0.15) is 13.2 Å². The van der Waals surface area contributed by atoms with E-state index in [4.69, 9.17) is 0 Å². The lowest BCUT2D eigenvalue weighted by molar-refractivity contribution is -0.137. The maximum absolute atomic E-state index is 13.1. The van der Waals surface area contributed by atoms with Crippen molar-refractivity contribution in [1.82, 2.24) is 0 Å². The number of halogens is 8. The first kappa shape index (κ1) is 24.9. The zero-order chi connectivity index (χ0) is 22.5. The van der Waals surface area contributed by atoms with Gasteiger partial charge >= 0.3 is 6.18 Å². The van der Waals surface area contributed by atoms with E-state index in [1.165, 1.54) is 6.92 Å². The van der Waals surface area contributed by atoms with Crippen molar-refractivity contribution in [1.29, 1.82) is 0 Å². The summed E-state index contributed by atoms with van der Waals surface area (Å²) in [6.07, 6.45) is -3.00. The van der Waals surface area contributed by atoms with Crippen molar-refractivity contribution in [3.63, 3.8) is 0 Å². The van der Waals surface area contributed by atoms with Crippen molar-refractivity contribution >= 4 is 0 Å². The second-order valence-corrected chi connectivity index (χ2v) is 6.72. The molecular formula is C21H22F8. The van der Waals surface area contributed by atoms with Gasteiger partial charge in [-0.05, 0) is 42.4 Å². The number of hydrogen-bond acceptors (Lipinski definition) is 0. The molecule has 0 radical (unpaired) electrons. The van der Waals surface area contributed by atoms with E-state index < -0.39 is 52.3 Å². The van der Waals surface area contributed by atoms with E-state index >= 15 is 0 Å². The zero-order valence-electron chi connectivity index (χ0n) is 16.4. The van der Waals surface area contributed by atoms with Gasteiger partial charge in [0.15, 0.2) is 23.3 Å². The highest BCUT2D eigenvalue weighted by Crippen LogP contribution is 2.31. The average Bonchev–Trinajstić information content (AvgIpc) is 2.70. The van der Waals surface area contributed by atoms with Crippen LogP contribution in [0.5, 0.6) is 0 Å². The fraction of sp³-hybridized carbons (Fsp3) is 0.429. The Morgan fingerprint density at radius 1 is 0.655 bits per heavy atom. The minimum absolute atomic E-state index is 0.290. The summed E-state index contributed by atoms with van der Waals surface area (Å²) < 4.78 is 101. The molecule has 0 saturated heterocycles. The molecule has 0 aromatic heterocycles. The Balaban J connectivity index is 0.000000291. The molecule has 0 nitrogen and oxygen atoms in total. The molecule has 29 heavy (non-hydrogen) atoms. The van der Waals surface area contributed by atoms with E-state index in [9.17, 15) is 35.1 Å². The smallest absolute Gasteiger partial charge is 0.203 e. The summed E-state index contributed by atoms with van der Waals surface area (Å²) in [5.74, 6) is -9.75. The van der Waals surface area contributed by atoms with E-state index in [1.54, 1.807) is 19.1 Å². The Morgan fingerprint density at radius 3 is 1.38 bits per heavy atom. The van der Waals surface area contributed by atoms with E-state index in [2.05, 4.69) is 0 Å². The van der Waals surface area contributed by atoms with Crippen LogP contribution >= 0.6 is 0 Å². The summed E-state index contributed by atoms with van der Waals surface area (Å²) in [6.45, 7) is 7.02. The molecule has 2 atom stereocenters. The maximum atomic E-state index is 13.1. The minimum Gasteiger partial charge on any atom is -0.203 e. The molecule has 2 rings (SSSR count). The molecule has 0 fully saturated rings. The quantitative estimate of drug-likeness (QED) is 0.263. The first-order valence-corrected chi connectivity index (χ1v) is 9.05. The standard InChI is InChI=1S/C11H13F3.C10H9F5/c1-3-8(2)9-4-6-10(7-5-9)11(12,13)14;1-3-4(2)5-6(11)8(13)10(15)9(14)7(5)12/h4-8H,3H2,1-2H3;4H,3H2,1-2H3. The van der Waals surface area contributed by atoms with Crippen molar-refractivity contribution in [3.05, 3.63) is 70.0 Å². The van der Waals surface area contributed by atoms with Crippen LogP contribution in [0.3, 0.4) is 0 Å². The van der Waals surface area contributed by atoms with Gasteiger partial charge in [-0.25, -0.2) is 22.0 Å². The van der Waals surface area contributed by atoms with Crippen LogP contribution in [0.4, 0.5) is 35.1 Å². The molecular weight excluding hydrogens is 404 g/mol.